The summed E-state index contributed by atoms with van der Waals surface area (Å²) in [6.07, 6.45) is -0.336. The summed E-state index contributed by atoms with van der Waals surface area (Å²) in [5.41, 5.74) is 1.58. The van der Waals surface area contributed by atoms with E-state index >= 15 is 0 Å². The van der Waals surface area contributed by atoms with Gasteiger partial charge in [-0.25, -0.2) is 14.0 Å². The molecule has 38 heavy (non-hydrogen) atoms. The van der Waals surface area contributed by atoms with E-state index in [0.717, 1.165) is 26.1 Å². The van der Waals surface area contributed by atoms with Crippen molar-refractivity contribution in [3.8, 4) is 0 Å². The average molecular weight is 540 g/mol. The first kappa shape index (κ1) is 28.9. The number of carboxylic acid groups (broad SMARTS) is 2. The first-order valence-corrected chi connectivity index (χ1v) is 12.2. The number of amides is 1. The quantitative estimate of drug-likeness (QED) is 0.456. The Morgan fingerprint density at radius 1 is 0.947 bits per heavy atom. The van der Waals surface area contributed by atoms with Crippen LogP contribution in [0.1, 0.15) is 46.4 Å². The molecule has 3 N–H and O–H groups in total. The smallest absolute Gasteiger partial charge is 0.478 e. The van der Waals surface area contributed by atoms with E-state index < -0.39 is 29.8 Å². The molecule has 8 nitrogen and oxygen atoms in total. The van der Waals surface area contributed by atoms with E-state index in [1.54, 1.807) is 12.1 Å². The molecule has 2 aliphatic heterocycles. The third kappa shape index (κ3) is 8.17. The minimum absolute atomic E-state index is 0.179. The Morgan fingerprint density at radius 3 is 2.16 bits per heavy atom. The van der Waals surface area contributed by atoms with Crippen molar-refractivity contribution in [2.75, 3.05) is 42.9 Å². The van der Waals surface area contributed by atoms with Crippen LogP contribution in [0.15, 0.2) is 42.5 Å². The number of likely N-dealkylation sites (tertiary alicyclic amines) is 1. The van der Waals surface area contributed by atoms with Crippen LogP contribution in [0, 0.1) is 11.7 Å². The zero-order valence-corrected chi connectivity index (χ0v) is 20.5. The van der Waals surface area contributed by atoms with Gasteiger partial charge in [-0.15, -0.1) is 0 Å². The van der Waals surface area contributed by atoms with Crippen molar-refractivity contribution in [1.29, 1.82) is 0 Å². The number of hydrogen-bond acceptors (Lipinski definition) is 5. The predicted octanol–water partition coefficient (Wildman–Crippen LogP) is 4.72. The zero-order chi connectivity index (χ0) is 27.9. The molecular formula is C26H29F4N3O5. The maximum absolute atomic E-state index is 13.1. The Hall–Kier alpha value is -3.67. The third-order valence-electron chi connectivity index (χ3n) is 6.41. The van der Waals surface area contributed by atoms with Gasteiger partial charge in [0.2, 0.25) is 0 Å². The average Bonchev–Trinajstić information content (AvgIpc) is 3.37. The molecule has 1 atom stereocenters. The molecule has 0 aliphatic carbocycles. The lowest BCUT2D eigenvalue weighted by atomic mass is 9.96. The van der Waals surface area contributed by atoms with Crippen LogP contribution >= 0.6 is 0 Å². The second kappa shape index (κ2) is 12.7. The Morgan fingerprint density at radius 2 is 1.58 bits per heavy atom. The van der Waals surface area contributed by atoms with Gasteiger partial charge in [0.15, 0.2) is 0 Å². The molecule has 0 saturated carbocycles. The lowest BCUT2D eigenvalue weighted by Crippen LogP contribution is -2.41. The molecule has 4 rings (SSSR count). The predicted molar refractivity (Wildman–Crippen MR) is 132 cm³/mol. The summed E-state index contributed by atoms with van der Waals surface area (Å²) in [5.74, 6) is -4.07. The number of carbonyl (C=O) groups is 3. The number of carbonyl (C=O) groups excluding carboxylic acids is 1. The van der Waals surface area contributed by atoms with Gasteiger partial charge in [-0.05, 0) is 87.2 Å². The highest BCUT2D eigenvalue weighted by Gasteiger charge is 2.38. The van der Waals surface area contributed by atoms with Crippen LogP contribution < -0.4 is 10.2 Å². The Balaban J connectivity index is 0.000000505. The maximum atomic E-state index is 13.1. The first-order valence-electron chi connectivity index (χ1n) is 12.2. The normalized spacial score (nSPS) is 17.9. The summed E-state index contributed by atoms with van der Waals surface area (Å²) in [6.45, 7) is 5.08. The molecule has 1 amide bonds. The molecule has 2 aromatic rings. The number of anilines is 2. The number of benzene rings is 2. The number of nitrogens with one attached hydrogen (secondary N) is 1. The van der Waals surface area contributed by atoms with Crippen LogP contribution in [-0.2, 0) is 4.79 Å². The summed E-state index contributed by atoms with van der Waals surface area (Å²) < 4.78 is 44.8. The Labute approximate surface area is 216 Å². The topological polar surface area (TPSA) is 110 Å². The highest BCUT2D eigenvalue weighted by Crippen LogP contribution is 2.30. The molecule has 2 heterocycles. The van der Waals surface area contributed by atoms with Crippen molar-refractivity contribution in [1.82, 2.24) is 4.90 Å². The molecule has 2 fully saturated rings. The lowest BCUT2D eigenvalue weighted by molar-refractivity contribution is -0.192. The maximum Gasteiger partial charge on any atom is 0.490 e. The summed E-state index contributed by atoms with van der Waals surface area (Å²) in [6, 6.07) is 10.2. The largest absolute Gasteiger partial charge is 0.490 e. The van der Waals surface area contributed by atoms with Crippen LogP contribution in [-0.4, -0.2) is 71.9 Å². The van der Waals surface area contributed by atoms with E-state index in [-0.39, 0.29) is 5.56 Å². The molecule has 0 radical (unpaired) electrons. The molecule has 2 aliphatic rings. The molecule has 0 spiro atoms. The Bertz CT molecular complexity index is 1130. The monoisotopic (exact) mass is 539 g/mol. The van der Waals surface area contributed by atoms with Gasteiger partial charge < -0.3 is 25.3 Å². The number of aromatic carboxylic acids is 1. The van der Waals surface area contributed by atoms with Gasteiger partial charge in [0.05, 0.1) is 11.3 Å². The number of piperidine rings is 1. The molecule has 0 bridgehead atoms. The second-order valence-corrected chi connectivity index (χ2v) is 9.26. The molecule has 1 unspecified atom stereocenters. The number of halogens is 4. The number of hydrogen-bond donors (Lipinski definition) is 3. The number of aliphatic carboxylic acids is 1. The summed E-state index contributed by atoms with van der Waals surface area (Å²) in [4.78, 5) is 38.0. The Kier molecular flexibility index (Phi) is 9.67. The number of nitrogens with zero attached hydrogens (tertiary/aromatic N) is 2. The summed E-state index contributed by atoms with van der Waals surface area (Å²) in [5, 5.41) is 19.6. The van der Waals surface area contributed by atoms with Crippen molar-refractivity contribution in [2.45, 2.75) is 31.9 Å². The van der Waals surface area contributed by atoms with Gasteiger partial charge in [0.25, 0.3) is 5.91 Å². The van der Waals surface area contributed by atoms with Crippen molar-refractivity contribution in [2.24, 2.45) is 5.92 Å². The van der Waals surface area contributed by atoms with Crippen LogP contribution in [0.25, 0.3) is 0 Å². The summed E-state index contributed by atoms with van der Waals surface area (Å²) in [7, 11) is 0. The van der Waals surface area contributed by atoms with Crippen molar-refractivity contribution >= 4 is 29.2 Å². The van der Waals surface area contributed by atoms with E-state index in [9.17, 15) is 32.3 Å². The van der Waals surface area contributed by atoms with Crippen molar-refractivity contribution < 1.29 is 42.2 Å². The van der Waals surface area contributed by atoms with Crippen LogP contribution in [0.4, 0.5) is 28.9 Å². The lowest BCUT2D eigenvalue weighted by Gasteiger charge is -2.36. The first-order chi connectivity index (χ1) is 17.9. The van der Waals surface area contributed by atoms with Crippen LogP contribution in [0.2, 0.25) is 0 Å². The number of rotatable bonds is 6. The molecule has 12 heteroatoms. The fraction of sp³-hybridized carbons (Fsp3) is 0.423. The minimum atomic E-state index is -5.08. The highest BCUT2D eigenvalue weighted by atomic mass is 19.4. The zero-order valence-electron chi connectivity index (χ0n) is 20.5. The second-order valence-electron chi connectivity index (χ2n) is 9.26. The highest BCUT2D eigenvalue weighted by molar-refractivity contribution is 6.05. The van der Waals surface area contributed by atoms with Gasteiger partial charge >= 0.3 is 18.1 Å². The van der Waals surface area contributed by atoms with E-state index in [2.05, 4.69) is 15.1 Å². The third-order valence-corrected chi connectivity index (χ3v) is 6.41. The van der Waals surface area contributed by atoms with Crippen LogP contribution in [0.5, 0.6) is 0 Å². The molecule has 206 valence electrons. The number of carboxylic acids is 2. The van der Waals surface area contributed by atoms with Gasteiger partial charge in [-0.1, -0.05) is 0 Å². The van der Waals surface area contributed by atoms with Crippen molar-refractivity contribution in [3.63, 3.8) is 0 Å². The number of alkyl halides is 3. The van der Waals surface area contributed by atoms with Crippen LogP contribution in [0.3, 0.4) is 0 Å². The molecule has 2 aromatic carbocycles. The van der Waals surface area contributed by atoms with Gasteiger partial charge in [0.1, 0.15) is 5.82 Å². The van der Waals surface area contributed by atoms with Gasteiger partial charge in [-0.3, -0.25) is 4.79 Å². The standard InChI is InChI=1S/C24H28FN3O3.C2HF3O2/c25-19-7-5-18(6-8-19)23(29)26-20-9-10-22(21(14-20)24(30)31)28-13-3-4-17(16-28)15-27-11-1-2-12-27;3-2(4,5)1(6)7/h5-10,14,17H,1-4,11-13,15-16H2,(H,26,29)(H,30,31);(H,6,7). The molecular weight excluding hydrogens is 510 g/mol. The van der Waals surface area contributed by atoms with Crippen molar-refractivity contribution in [3.05, 3.63) is 59.4 Å². The SMILES string of the molecule is O=C(Nc1ccc(N2CCCC(CN3CCCC3)C2)c(C(=O)O)c1)c1ccc(F)cc1.O=C(O)C(F)(F)F. The van der Waals surface area contributed by atoms with E-state index in [1.165, 1.54) is 62.7 Å². The van der Waals surface area contributed by atoms with E-state index in [4.69, 9.17) is 9.90 Å². The fourth-order valence-electron chi connectivity index (χ4n) is 4.63. The fourth-order valence-corrected chi connectivity index (χ4v) is 4.63. The van der Waals surface area contributed by atoms with Gasteiger partial charge in [0, 0.05) is 30.9 Å². The summed E-state index contributed by atoms with van der Waals surface area (Å²) >= 11 is 0. The van der Waals surface area contributed by atoms with E-state index in [0.29, 0.717) is 22.9 Å². The minimum Gasteiger partial charge on any atom is -0.478 e. The van der Waals surface area contributed by atoms with E-state index in [1.807, 2.05) is 0 Å². The van der Waals surface area contributed by atoms with Gasteiger partial charge in [-0.2, -0.15) is 13.2 Å². The molecule has 2 saturated heterocycles. The molecule has 0 aromatic heterocycles.